The average Bonchev–Trinajstić information content (AvgIpc) is 2.29. The van der Waals surface area contributed by atoms with Crippen LogP contribution < -0.4 is 58.8 Å². The molecule has 0 aliphatic heterocycles. The molecule has 0 heterocycles. The van der Waals surface area contributed by atoms with Crippen molar-refractivity contribution >= 4 is 9.17 Å². The Hall–Kier alpha value is 0.612. The first-order valence-corrected chi connectivity index (χ1v) is 7.64. The summed E-state index contributed by atoms with van der Waals surface area (Å²) in [5.74, 6) is 0. The summed E-state index contributed by atoms with van der Waals surface area (Å²) < 4.78 is 8.52. The van der Waals surface area contributed by atoms with Crippen molar-refractivity contribution in [2.75, 3.05) is 32.8 Å². The molecule has 0 aliphatic rings. The monoisotopic (exact) mass is 327 g/mol. The van der Waals surface area contributed by atoms with Crippen molar-refractivity contribution in [3.63, 3.8) is 0 Å². The van der Waals surface area contributed by atoms with Crippen molar-refractivity contribution in [1.29, 1.82) is 0 Å². The molecular formula is C11H31Li2N3O5Si. The second-order valence-electron chi connectivity index (χ2n) is 4.04. The Morgan fingerprint density at radius 2 is 1.23 bits per heavy atom. The zero-order valence-corrected chi connectivity index (χ0v) is 16.3. The van der Waals surface area contributed by atoms with Gasteiger partial charge in [-0.25, -0.2) is 0 Å². The van der Waals surface area contributed by atoms with Crippen LogP contribution in [0.2, 0.25) is 0 Å². The van der Waals surface area contributed by atoms with Gasteiger partial charge >= 0.3 is 37.7 Å². The summed E-state index contributed by atoms with van der Waals surface area (Å²) in [6, 6.07) is 0. The average molecular weight is 327 g/mol. The molecule has 0 aromatic heterocycles. The fraction of sp³-hybridized carbons (Fsp3) is 1.00. The van der Waals surface area contributed by atoms with Gasteiger partial charge in [-0.3, -0.25) is 0 Å². The van der Waals surface area contributed by atoms with E-state index in [9.17, 15) is 0 Å². The largest absolute Gasteiger partial charge is 1.00 e. The fourth-order valence-corrected chi connectivity index (χ4v) is 0.671. The van der Waals surface area contributed by atoms with Crippen LogP contribution in [-0.2, 0) is 4.46 Å². The maximum absolute atomic E-state index is 8.52. The Morgan fingerprint density at radius 1 is 1.09 bits per heavy atom. The van der Waals surface area contributed by atoms with Crippen molar-refractivity contribution < 1.29 is 62.0 Å². The van der Waals surface area contributed by atoms with E-state index in [2.05, 4.69) is 25.7 Å². The fourth-order valence-electron chi connectivity index (χ4n) is 0.671. The molecule has 0 aromatic carbocycles. The third-order valence-electron chi connectivity index (χ3n) is 1.47. The van der Waals surface area contributed by atoms with Crippen LogP contribution in [0.3, 0.4) is 0 Å². The van der Waals surface area contributed by atoms with E-state index in [-0.39, 0.29) is 44.3 Å². The van der Waals surface area contributed by atoms with Gasteiger partial charge in [0, 0.05) is 15.7 Å². The minimum absolute atomic E-state index is 0. The smallest absolute Gasteiger partial charge is 0.672 e. The van der Waals surface area contributed by atoms with Crippen molar-refractivity contribution in [1.82, 2.24) is 4.90 Å². The number of hydrogen-bond donors (Lipinski definition) is 4. The number of hydrogen-bond acceptors (Lipinski definition) is 8. The molecule has 0 saturated carbocycles. The van der Waals surface area contributed by atoms with Crippen LogP contribution in [0.25, 0.3) is 0 Å². The molecule has 0 rings (SSSR count). The van der Waals surface area contributed by atoms with Crippen LogP contribution in [-0.4, -0.2) is 62.8 Å². The van der Waals surface area contributed by atoms with Crippen LogP contribution in [0.5, 0.6) is 0 Å². The van der Waals surface area contributed by atoms with Crippen molar-refractivity contribution in [3.05, 3.63) is 0 Å². The second kappa shape index (κ2) is 29.6. The van der Waals surface area contributed by atoms with Gasteiger partial charge in [0.05, 0.1) is 6.61 Å². The van der Waals surface area contributed by atoms with Gasteiger partial charge in [0.1, 0.15) is 5.72 Å². The van der Waals surface area contributed by atoms with E-state index in [4.69, 9.17) is 35.7 Å². The molecule has 0 saturated heterocycles. The predicted molar refractivity (Wildman–Crippen MR) is 76.5 cm³/mol. The molecule has 126 valence electrons. The molecule has 11 heteroatoms. The Balaban J connectivity index is -0.0000000387. The maximum Gasteiger partial charge on any atom is 1.00 e. The summed E-state index contributed by atoms with van der Waals surface area (Å²) in [6.07, 6.45) is 0. The van der Waals surface area contributed by atoms with E-state index in [1.807, 2.05) is 0 Å². The van der Waals surface area contributed by atoms with Crippen LogP contribution in [0, 0.1) is 0 Å². The molecule has 0 atom stereocenters. The van der Waals surface area contributed by atoms with E-state index in [0.717, 1.165) is 0 Å². The van der Waals surface area contributed by atoms with Gasteiger partial charge in [-0.2, -0.15) is 0 Å². The van der Waals surface area contributed by atoms with Crippen LogP contribution in [0.1, 0.15) is 34.6 Å². The first kappa shape index (κ1) is 38.3. The Labute approximate surface area is 160 Å². The molecule has 0 aliphatic carbocycles. The van der Waals surface area contributed by atoms with Crippen molar-refractivity contribution in [2.45, 2.75) is 40.3 Å². The molecule has 22 heavy (non-hydrogen) atoms. The first-order chi connectivity index (χ1) is 8.99. The minimum atomic E-state index is -3.63. The number of nitrogens with two attached hydrogens (primary N) is 2. The molecule has 0 unspecified atom stereocenters. The zero-order valence-electron chi connectivity index (χ0n) is 15.3. The number of aliphatic hydroxyl groups excluding tert-OH is 1. The molecular weight excluding hydrogens is 296 g/mol. The van der Waals surface area contributed by atoms with Gasteiger partial charge < -0.3 is 40.6 Å². The summed E-state index contributed by atoms with van der Waals surface area (Å²) in [5.41, 5.74) is 8.69. The first-order valence-electron chi connectivity index (χ1n) is 6.42. The third-order valence-corrected chi connectivity index (χ3v) is 1.47. The predicted octanol–water partition coefficient (Wildman–Crippen LogP) is -8.91. The number of rotatable bonds is 4. The van der Waals surface area contributed by atoms with Crippen LogP contribution >= 0.6 is 0 Å². The maximum atomic E-state index is 8.52. The van der Waals surface area contributed by atoms with Crippen molar-refractivity contribution in [2.24, 2.45) is 11.5 Å². The molecule has 0 radical (unpaired) electrons. The SMILES string of the molecule is CC(C)(N)O.CCN(CC)CC.NCCO.O=[Si]([O-])[O-].[Li+].[Li+]. The molecule has 0 aromatic rings. The second-order valence-corrected chi connectivity index (χ2v) is 4.54. The summed E-state index contributed by atoms with van der Waals surface area (Å²) in [5, 5.41) is 16.0. The van der Waals surface area contributed by atoms with E-state index in [1.165, 1.54) is 33.5 Å². The Bertz CT molecular complexity index is 180. The quantitative estimate of drug-likeness (QED) is 0.292. The zero-order chi connectivity index (χ0) is 17.2. The van der Waals surface area contributed by atoms with E-state index < -0.39 is 14.9 Å². The Morgan fingerprint density at radius 3 is 1.23 bits per heavy atom. The normalized spacial score (nSPS) is 8.45. The standard InChI is InChI=1S/C6H15N.C3H9NO.C2H7NO.2Li.O3Si/c1-4-7(5-2)6-3;1-3(2,4)5;3-1-2-4;;;1-4(2)3/h4-6H2,1-3H3;5H,4H2,1-2H3;4H,1-3H2;;;/q;;;2*+1;-2. The summed E-state index contributed by atoms with van der Waals surface area (Å²) >= 11 is 0. The molecule has 0 amide bonds. The number of nitrogens with zero attached hydrogens (tertiary/aromatic N) is 1. The van der Waals surface area contributed by atoms with Gasteiger partial charge in [-0.15, -0.1) is 0 Å². The minimum Gasteiger partial charge on any atom is -0.672 e. The molecule has 6 N–H and O–H groups in total. The molecule has 8 nitrogen and oxygen atoms in total. The van der Waals surface area contributed by atoms with Crippen LogP contribution in [0.4, 0.5) is 0 Å². The van der Waals surface area contributed by atoms with Gasteiger partial charge in [0.2, 0.25) is 0 Å². The topological polar surface area (TPSA) is 159 Å². The van der Waals surface area contributed by atoms with Gasteiger partial charge in [0.15, 0.2) is 0 Å². The van der Waals surface area contributed by atoms with E-state index in [0.29, 0.717) is 6.54 Å². The van der Waals surface area contributed by atoms with E-state index in [1.54, 1.807) is 0 Å². The molecule has 0 fully saturated rings. The molecule has 0 spiro atoms. The Kier molecular flexibility index (Phi) is 51.5. The van der Waals surface area contributed by atoms with Gasteiger partial charge in [-0.05, 0) is 33.5 Å². The van der Waals surface area contributed by atoms with E-state index >= 15 is 0 Å². The summed E-state index contributed by atoms with van der Waals surface area (Å²) in [4.78, 5) is 19.4. The van der Waals surface area contributed by atoms with Crippen molar-refractivity contribution in [3.8, 4) is 0 Å². The van der Waals surface area contributed by atoms with Gasteiger partial charge in [-0.1, -0.05) is 20.8 Å². The van der Waals surface area contributed by atoms with Gasteiger partial charge in [0.25, 0.3) is 0 Å². The summed E-state index contributed by atoms with van der Waals surface area (Å²) in [7, 11) is -3.63. The van der Waals surface area contributed by atoms with Crippen LogP contribution in [0.15, 0.2) is 0 Å². The summed E-state index contributed by atoms with van der Waals surface area (Å²) in [6.45, 7) is 13.6. The third kappa shape index (κ3) is 137. The molecule has 0 bridgehead atoms. The number of aliphatic hydroxyl groups is 2.